The number of ether oxygens (including phenoxy) is 1. The summed E-state index contributed by atoms with van der Waals surface area (Å²) >= 11 is 0. The topological polar surface area (TPSA) is 43.4 Å². The van der Waals surface area contributed by atoms with E-state index in [1.165, 1.54) is 23.6 Å². The molecule has 0 amide bonds. The summed E-state index contributed by atoms with van der Waals surface area (Å²) in [5.74, 6) is 1.22. The average molecular weight is 312 g/mol. The quantitative estimate of drug-likeness (QED) is 0.690. The Bertz CT molecular complexity index is 666. The van der Waals surface area contributed by atoms with Gasteiger partial charge in [-0.15, -0.1) is 0 Å². The molecule has 0 spiro atoms. The first-order chi connectivity index (χ1) is 11.0. The standard InChI is InChI=1S/C20H24O3/c1-12(21)23-19-8-7-18-17-5-3-13-11-14(22)4-6-15(13)16(17)9-10-20(18,19)2/h9-11,17-19H,3-8H2,1-2H3/t17?,18-,19-,20-/m0/s1. The Morgan fingerprint density at radius 3 is 2.83 bits per heavy atom. The molecule has 0 heterocycles. The summed E-state index contributed by atoms with van der Waals surface area (Å²) in [6.07, 6.45) is 12.2. The van der Waals surface area contributed by atoms with Gasteiger partial charge in [-0.3, -0.25) is 9.59 Å². The van der Waals surface area contributed by atoms with E-state index in [0.29, 0.717) is 18.3 Å². The summed E-state index contributed by atoms with van der Waals surface area (Å²) in [4.78, 5) is 23.1. The minimum absolute atomic E-state index is 0.0117. The van der Waals surface area contributed by atoms with Crippen LogP contribution in [0.25, 0.3) is 0 Å². The number of ketones is 1. The molecule has 122 valence electrons. The van der Waals surface area contributed by atoms with E-state index in [2.05, 4.69) is 19.1 Å². The Morgan fingerprint density at radius 2 is 2.04 bits per heavy atom. The second-order valence-corrected chi connectivity index (χ2v) is 7.70. The first kappa shape index (κ1) is 14.9. The van der Waals surface area contributed by atoms with E-state index in [1.54, 1.807) is 0 Å². The Hall–Kier alpha value is -1.64. The molecule has 3 nitrogen and oxygen atoms in total. The predicted octanol–water partition coefficient (Wildman–Crippen LogP) is 3.90. The van der Waals surface area contributed by atoms with Gasteiger partial charge < -0.3 is 4.74 Å². The van der Waals surface area contributed by atoms with E-state index < -0.39 is 0 Å². The molecule has 0 bridgehead atoms. The third-order valence-electron chi connectivity index (χ3n) is 6.47. The van der Waals surface area contributed by atoms with E-state index >= 15 is 0 Å². The lowest BCUT2D eigenvalue weighted by Gasteiger charge is -2.45. The van der Waals surface area contributed by atoms with Crippen molar-refractivity contribution in [3.05, 3.63) is 34.9 Å². The van der Waals surface area contributed by atoms with Crippen molar-refractivity contribution in [1.29, 1.82) is 0 Å². The number of hydrogen-bond acceptors (Lipinski definition) is 3. The van der Waals surface area contributed by atoms with Gasteiger partial charge in [-0.05, 0) is 66.7 Å². The second kappa shape index (κ2) is 5.19. The van der Waals surface area contributed by atoms with Gasteiger partial charge in [0.25, 0.3) is 0 Å². The van der Waals surface area contributed by atoms with Gasteiger partial charge in [-0.1, -0.05) is 19.1 Å². The smallest absolute Gasteiger partial charge is 0.302 e. The highest BCUT2D eigenvalue weighted by Crippen LogP contribution is 2.57. The maximum atomic E-state index is 11.7. The zero-order chi connectivity index (χ0) is 16.2. The number of esters is 1. The lowest BCUT2D eigenvalue weighted by atomic mass is 9.60. The minimum atomic E-state index is -0.172. The number of allylic oxidation sites excluding steroid dienone is 5. The monoisotopic (exact) mass is 312 g/mol. The van der Waals surface area contributed by atoms with Crippen molar-refractivity contribution >= 4 is 11.8 Å². The summed E-state index contributed by atoms with van der Waals surface area (Å²) in [6, 6.07) is 0. The first-order valence-electron chi connectivity index (χ1n) is 8.82. The normalized spacial score (nSPS) is 38.6. The van der Waals surface area contributed by atoms with Crippen molar-refractivity contribution in [2.75, 3.05) is 0 Å². The lowest BCUT2D eigenvalue weighted by Crippen LogP contribution is -2.40. The van der Waals surface area contributed by atoms with E-state index in [-0.39, 0.29) is 23.3 Å². The molecule has 0 saturated heterocycles. The van der Waals surface area contributed by atoms with Crippen LogP contribution < -0.4 is 0 Å². The fourth-order valence-electron chi connectivity index (χ4n) is 5.36. The zero-order valence-corrected chi connectivity index (χ0v) is 13.9. The van der Waals surface area contributed by atoms with Gasteiger partial charge in [0.15, 0.2) is 5.78 Å². The molecule has 23 heavy (non-hydrogen) atoms. The van der Waals surface area contributed by atoms with Crippen molar-refractivity contribution in [3.63, 3.8) is 0 Å². The van der Waals surface area contributed by atoms with E-state index in [1.807, 2.05) is 6.08 Å². The average Bonchev–Trinajstić information content (AvgIpc) is 2.83. The Labute approximate surface area is 137 Å². The third-order valence-corrected chi connectivity index (χ3v) is 6.47. The van der Waals surface area contributed by atoms with Crippen molar-refractivity contribution < 1.29 is 14.3 Å². The molecular formula is C20H24O3. The Kier molecular flexibility index (Phi) is 3.36. The van der Waals surface area contributed by atoms with Crippen molar-refractivity contribution in [2.24, 2.45) is 17.3 Å². The number of hydrogen-bond donors (Lipinski definition) is 0. The molecule has 0 aliphatic heterocycles. The highest BCUT2D eigenvalue weighted by Gasteiger charge is 2.53. The van der Waals surface area contributed by atoms with Crippen LogP contribution in [0.15, 0.2) is 34.9 Å². The molecule has 4 aliphatic rings. The maximum absolute atomic E-state index is 11.7. The molecule has 4 atom stereocenters. The van der Waals surface area contributed by atoms with Crippen LogP contribution in [-0.2, 0) is 14.3 Å². The fraction of sp³-hybridized carbons (Fsp3) is 0.600. The molecule has 0 aromatic heterocycles. The summed E-state index contributed by atoms with van der Waals surface area (Å²) in [7, 11) is 0. The summed E-state index contributed by atoms with van der Waals surface area (Å²) in [6.45, 7) is 3.76. The number of fused-ring (bicyclic) bond motifs is 4. The van der Waals surface area contributed by atoms with Crippen molar-refractivity contribution in [2.45, 2.75) is 58.5 Å². The van der Waals surface area contributed by atoms with Gasteiger partial charge in [0.1, 0.15) is 6.10 Å². The largest absolute Gasteiger partial charge is 0.462 e. The lowest BCUT2D eigenvalue weighted by molar-refractivity contribution is -0.150. The molecule has 0 aromatic rings. The van der Waals surface area contributed by atoms with Crippen molar-refractivity contribution in [1.82, 2.24) is 0 Å². The third kappa shape index (κ3) is 2.24. The van der Waals surface area contributed by atoms with Crippen LogP contribution in [0.5, 0.6) is 0 Å². The minimum Gasteiger partial charge on any atom is -0.462 e. The molecule has 0 aromatic carbocycles. The Morgan fingerprint density at radius 1 is 1.22 bits per heavy atom. The predicted molar refractivity (Wildman–Crippen MR) is 87.6 cm³/mol. The zero-order valence-electron chi connectivity index (χ0n) is 13.9. The van der Waals surface area contributed by atoms with Gasteiger partial charge in [-0.25, -0.2) is 0 Å². The highest BCUT2D eigenvalue weighted by molar-refractivity contribution is 5.93. The van der Waals surface area contributed by atoms with Crippen LogP contribution in [0.1, 0.15) is 52.4 Å². The molecule has 1 fully saturated rings. The fourth-order valence-corrected chi connectivity index (χ4v) is 5.36. The van der Waals surface area contributed by atoms with Gasteiger partial charge >= 0.3 is 5.97 Å². The van der Waals surface area contributed by atoms with Crippen LogP contribution >= 0.6 is 0 Å². The maximum Gasteiger partial charge on any atom is 0.302 e. The van der Waals surface area contributed by atoms with Crippen LogP contribution in [0.4, 0.5) is 0 Å². The van der Waals surface area contributed by atoms with Gasteiger partial charge in [0.2, 0.25) is 0 Å². The molecule has 4 rings (SSSR count). The van der Waals surface area contributed by atoms with Gasteiger partial charge in [0, 0.05) is 18.8 Å². The van der Waals surface area contributed by atoms with E-state index in [0.717, 1.165) is 32.1 Å². The molecule has 0 radical (unpaired) electrons. The summed E-state index contributed by atoms with van der Waals surface area (Å²) < 4.78 is 5.62. The van der Waals surface area contributed by atoms with Crippen LogP contribution in [-0.4, -0.2) is 17.9 Å². The first-order valence-corrected chi connectivity index (χ1v) is 8.82. The molecule has 0 N–H and O–H groups in total. The molecule has 4 aliphatic carbocycles. The SMILES string of the molecule is CC(=O)O[C@H]1CC[C@H]2C3CCC4=CC(=O)CCC4=C3C=C[C@]12C. The number of rotatable bonds is 1. The van der Waals surface area contributed by atoms with E-state index in [9.17, 15) is 9.59 Å². The summed E-state index contributed by atoms with van der Waals surface area (Å²) in [5.41, 5.74) is 4.12. The van der Waals surface area contributed by atoms with Gasteiger partial charge in [-0.2, -0.15) is 0 Å². The van der Waals surface area contributed by atoms with Gasteiger partial charge in [0.05, 0.1) is 0 Å². The van der Waals surface area contributed by atoms with Crippen LogP contribution in [0.2, 0.25) is 0 Å². The molecule has 1 unspecified atom stereocenters. The second-order valence-electron chi connectivity index (χ2n) is 7.70. The molecule has 1 saturated carbocycles. The summed E-state index contributed by atoms with van der Waals surface area (Å²) in [5, 5.41) is 0. The molecular weight excluding hydrogens is 288 g/mol. The van der Waals surface area contributed by atoms with Crippen LogP contribution in [0, 0.1) is 17.3 Å². The number of carbonyl (C=O) groups is 2. The van der Waals surface area contributed by atoms with Crippen LogP contribution in [0.3, 0.4) is 0 Å². The van der Waals surface area contributed by atoms with Crippen molar-refractivity contribution in [3.8, 4) is 0 Å². The highest BCUT2D eigenvalue weighted by atomic mass is 16.5. The number of carbonyl (C=O) groups excluding carboxylic acids is 2. The van der Waals surface area contributed by atoms with E-state index in [4.69, 9.17) is 4.74 Å². The molecule has 3 heteroatoms. The Balaban J connectivity index is 1.73.